The standard InChI is InChI=1S/C28H33F4N3O2/c1-28(2,3)26(35(25(37)17-36)12-11-23(33)27(31)32)24-13-19(21-14-20(29)9-10-22(21)30)16-34(24)15-18-7-5-4-6-8-18/h4-10,13-14,16,23,26-27,36H,11-12,15,17,33H2,1-3H3/t23-,26+/m1/s1. The number of rotatable bonds is 10. The van der Waals surface area contributed by atoms with Gasteiger partial charge in [0.2, 0.25) is 5.91 Å². The molecule has 9 heteroatoms. The van der Waals surface area contributed by atoms with E-state index in [-0.39, 0.29) is 18.5 Å². The maximum Gasteiger partial charge on any atom is 0.253 e. The minimum Gasteiger partial charge on any atom is -0.387 e. The Balaban J connectivity index is 2.18. The van der Waals surface area contributed by atoms with Crippen LogP contribution in [0.4, 0.5) is 17.6 Å². The molecule has 1 heterocycles. The van der Waals surface area contributed by atoms with Gasteiger partial charge in [0.1, 0.15) is 18.2 Å². The van der Waals surface area contributed by atoms with Crippen LogP contribution in [0.1, 0.15) is 44.5 Å². The number of alkyl halides is 2. The normalized spacial score (nSPS) is 13.6. The van der Waals surface area contributed by atoms with Crippen molar-refractivity contribution in [1.82, 2.24) is 9.47 Å². The smallest absolute Gasteiger partial charge is 0.253 e. The third kappa shape index (κ3) is 6.99. The molecule has 200 valence electrons. The summed E-state index contributed by atoms with van der Waals surface area (Å²) < 4.78 is 56.9. The van der Waals surface area contributed by atoms with Crippen LogP contribution in [0.15, 0.2) is 60.8 Å². The average Bonchev–Trinajstić information content (AvgIpc) is 3.24. The maximum absolute atomic E-state index is 14.7. The summed E-state index contributed by atoms with van der Waals surface area (Å²) >= 11 is 0. The number of nitrogens with two attached hydrogens (primary N) is 1. The van der Waals surface area contributed by atoms with Gasteiger partial charge in [0.25, 0.3) is 6.43 Å². The first-order valence-electron chi connectivity index (χ1n) is 12.1. The average molecular weight is 520 g/mol. The molecule has 0 fully saturated rings. The molecule has 0 spiro atoms. The molecule has 0 aliphatic carbocycles. The molecule has 1 amide bonds. The van der Waals surface area contributed by atoms with E-state index in [1.54, 1.807) is 12.3 Å². The van der Waals surface area contributed by atoms with E-state index in [0.29, 0.717) is 17.8 Å². The van der Waals surface area contributed by atoms with Crippen LogP contribution in [-0.2, 0) is 11.3 Å². The molecule has 3 aromatic rings. The lowest BCUT2D eigenvalue weighted by molar-refractivity contribution is -0.139. The molecule has 5 nitrogen and oxygen atoms in total. The highest BCUT2D eigenvalue weighted by molar-refractivity contribution is 5.78. The number of aliphatic hydroxyl groups is 1. The second kappa shape index (κ2) is 11.9. The van der Waals surface area contributed by atoms with E-state index in [1.165, 1.54) is 4.90 Å². The van der Waals surface area contributed by atoms with E-state index in [9.17, 15) is 27.5 Å². The number of carbonyl (C=O) groups excluding carboxylic acids is 1. The highest BCUT2D eigenvalue weighted by Gasteiger charge is 2.37. The SMILES string of the molecule is CC(C)(C)[C@H](c1cc(-c2cc(F)ccc2F)cn1Cc1ccccc1)N(CC[C@@H](N)C(F)F)C(=O)CO. The molecule has 0 radical (unpaired) electrons. The molecular formula is C28H33F4N3O2. The summed E-state index contributed by atoms with van der Waals surface area (Å²) in [5.41, 5.74) is 6.90. The van der Waals surface area contributed by atoms with Crippen molar-refractivity contribution >= 4 is 5.91 Å². The Hall–Kier alpha value is -3.17. The summed E-state index contributed by atoms with van der Waals surface area (Å²) in [5.74, 6) is -1.85. The third-order valence-electron chi connectivity index (χ3n) is 6.26. The van der Waals surface area contributed by atoms with Crippen molar-refractivity contribution in [2.45, 2.75) is 52.2 Å². The van der Waals surface area contributed by atoms with Gasteiger partial charge < -0.3 is 20.3 Å². The van der Waals surface area contributed by atoms with Crippen LogP contribution >= 0.6 is 0 Å². The number of benzene rings is 2. The lowest BCUT2D eigenvalue weighted by atomic mass is 9.82. The summed E-state index contributed by atoms with van der Waals surface area (Å²) in [5, 5.41) is 9.73. The quantitative estimate of drug-likeness (QED) is 0.354. The number of hydrogen-bond acceptors (Lipinski definition) is 3. The first-order valence-corrected chi connectivity index (χ1v) is 12.1. The Kier molecular flexibility index (Phi) is 9.15. The predicted molar refractivity (Wildman–Crippen MR) is 135 cm³/mol. The van der Waals surface area contributed by atoms with Crippen LogP contribution in [0, 0.1) is 17.0 Å². The number of aliphatic hydroxyl groups excluding tert-OH is 1. The van der Waals surface area contributed by atoms with Crippen molar-refractivity contribution in [2.24, 2.45) is 11.1 Å². The molecule has 0 saturated heterocycles. The van der Waals surface area contributed by atoms with Gasteiger partial charge in [-0.05, 0) is 41.7 Å². The summed E-state index contributed by atoms with van der Waals surface area (Å²) in [6, 6.07) is 12.2. The van der Waals surface area contributed by atoms with E-state index in [4.69, 9.17) is 5.73 Å². The van der Waals surface area contributed by atoms with Gasteiger partial charge in [0, 0.05) is 36.1 Å². The lowest BCUT2D eigenvalue weighted by Crippen LogP contribution is -2.45. The van der Waals surface area contributed by atoms with E-state index in [2.05, 4.69) is 0 Å². The number of amides is 1. The number of halogens is 4. The molecule has 0 saturated carbocycles. The van der Waals surface area contributed by atoms with Gasteiger partial charge in [0.05, 0.1) is 12.1 Å². The fraction of sp³-hybridized carbons (Fsp3) is 0.393. The Morgan fingerprint density at radius 2 is 1.76 bits per heavy atom. The molecular weight excluding hydrogens is 486 g/mol. The molecule has 1 aromatic heterocycles. The zero-order valence-corrected chi connectivity index (χ0v) is 21.2. The summed E-state index contributed by atoms with van der Waals surface area (Å²) in [4.78, 5) is 14.3. The van der Waals surface area contributed by atoms with Gasteiger partial charge in [-0.1, -0.05) is 51.1 Å². The van der Waals surface area contributed by atoms with E-state index >= 15 is 0 Å². The second-order valence-corrected chi connectivity index (χ2v) is 10.2. The van der Waals surface area contributed by atoms with E-state index in [1.807, 2.05) is 55.7 Å². The van der Waals surface area contributed by atoms with Crippen molar-refractivity contribution in [3.63, 3.8) is 0 Å². The minimum atomic E-state index is -2.76. The van der Waals surface area contributed by atoms with E-state index in [0.717, 1.165) is 23.8 Å². The molecule has 3 N–H and O–H groups in total. The lowest BCUT2D eigenvalue weighted by Gasteiger charge is -2.41. The van der Waals surface area contributed by atoms with Gasteiger partial charge in [-0.2, -0.15) is 0 Å². The van der Waals surface area contributed by atoms with Crippen LogP contribution in [-0.4, -0.2) is 46.1 Å². The maximum atomic E-state index is 14.7. The van der Waals surface area contributed by atoms with Gasteiger partial charge in [-0.25, -0.2) is 17.6 Å². The van der Waals surface area contributed by atoms with Crippen molar-refractivity contribution in [1.29, 1.82) is 0 Å². The van der Waals surface area contributed by atoms with Crippen molar-refractivity contribution in [2.75, 3.05) is 13.2 Å². The van der Waals surface area contributed by atoms with Crippen molar-refractivity contribution in [3.8, 4) is 11.1 Å². The van der Waals surface area contributed by atoms with Crippen LogP contribution in [0.25, 0.3) is 11.1 Å². The van der Waals surface area contributed by atoms with Crippen LogP contribution < -0.4 is 5.73 Å². The monoisotopic (exact) mass is 519 g/mol. The van der Waals surface area contributed by atoms with Crippen LogP contribution in [0.2, 0.25) is 0 Å². The first kappa shape index (κ1) is 28.4. The van der Waals surface area contributed by atoms with Crippen molar-refractivity contribution < 1.29 is 27.5 Å². The summed E-state index contributed by atoms with van der Waals surface area (Å²) in [6.07, 6.45) is -1.25. The molecule has 0 aliphatic rings. The van der Waals surface area contributed by atoms with Gasteiger partial charge >= 0.3 is 0 Å². The van der Waals surface area contributed by atoms with Crippen LogP contribution in [0.5, 0.6) is 0 Å². The van der Waals surface area contributed by atoms with Crippen molar-refractivity contribution in [3.05, 3.63) is 83.7 Å². The van der Waals surface area contributed by atoms with Gasteiger partial charge in [0.15, 0.2) is 0 Å². The highest BCUT2D eigenvalue weighted by Crippen LogP contribution is 2.41. The summed E-state index contributed by atoms with van der Waals surface area (Å²) in [7, 11) is 0. The largest absolute Gasteiger partial charge is 0.387 e. The predicted octanol–water partition coefficient (Wildman–Crippen LogP) is 5.37. The molecule has 3 rings (SSSR count). The highest BCUT2D eigenvalue weighted by atomic mass is 19.3. The Labute approximate surface area is 214 Å². The fourth-order valence-electron chi connectivity index (χ4n) is 4.51. The molecule has 2 atom stereocenters. The van der Waals surface area contributed by atoms with Gasteiger partial charge in [-0.15, -0.1) is 0 Å². The fourth-order valence-corrected chi connectivity index (χ4v) is 4.51. The number of hydrogen-bond donors (Lipinski definition) is 2. The Morgan fingerprint density at radius 3 is 2.35 bits per heavy atom. The zero-order chi connectivity index (χ0) is 27.3. The molecule has 37 heavy (non-hydrogen) atoms. The van der Waals surface area contributed by atoms with Gasteiger partial charge in [-0.3, -0.25) is 4.79 Å². The number of aromatic nitrogens is 1. The molecule has 0 aliphatic heterocycles. The number of nitrogens with zero attached hydrogens (tertiary/aromatic N) is 2. The molecule has 0 bridgehead atoms. The van der Waals surface area contributed by atoms with E-state index < -0.39 is 48.1 Å². The zero-order valence-electron chi connectivity index (χ0n) is 21.2. The Bertz CT molecular complexity index is 1190. The Morgan fingerprint density at radius 1 is 1.08 bits per heavy atom. The first-order chi connectivity index (χ1) is 17.4. The third-order valence-corrected chi connectivity index (χ3v) is 6.26. The minimum absolute atomic E-state index is 0.0560. The summed E-state index contributed by atoms with van der Waals surface area (Å²) in [6.45, 7) is 5.06. The molecule has 2 aromatic carbocycles. The topological polar surface area (TPSA) is 71.5 Å². The number of carbonyl (C=O) groups is 1. The van der Waals surface area contributed by atoms with Crippen LogP contribution in [0.3, 0.4) is 0 Å². The molecule has 0 unspecified atom stereocenters. The second-order valence-electron chi connectivity index (χ2n) is 10.2.